The third-order valence-electron chi connectivity index (χ3n) is 6.52. The molecule has 0 N–H and O–H groups in total. The molecule has 0 heterocycles. The van der Waals surface area contributed by atoms with Crippen molar-refractivity contribution in [3.05, 3.63) is 24.3 Å². The van der Waals surface area contributed by atoms with Crippen LogP contribution in [0.5, 0.6) is 11.5 Å². The summed E-state index contributed by atoms with van der Waals surface area (Å²) in [6.07, 6.45) is 5.71. The number of esters is 1. The summed E-state index contributed by atoms with van der Waals surface area (Å²) in [6, 6.07) is 4.97. The summed E-state index contributed by atoms with van der Waals surface area (Å²) in [5.74, 6) is 1.95. The second-order valence-corrected chi connectivity index (χ2v) is 8.24. The van der Waals surface area contributed by atoms with Crippen LogP contribution in [0.3, 0.4) is 0 Å². The second kappa shape index (κ2) is 9.19. The third-order valence-corrected chi connectivity index (χ3v) is 6.52. The van der Waals surface area contributed by atoms with Crippen molar-refractivity contribution in [2.75, 3.05) is 0 Å². The molecule has 6 heteroatoms. The van der Waals surface area contributed by atoms with Crippen molar-refractivity contribution in [3.8, 4) is 11.5 Å². The maximum absolute atomic E-state index is 12.4. The number of carbonyl (C=O) groups is 1. The number of hydrogen-bond donors (Lipinski definition) is 0. The van der Waals surface area contributed by atoms with Crippen LogP contribution >= 0.6 is 0 Å². The predicted octanol–water partition coefficient (Wildman–Crippen LogP) is 6.51. The predicted molar refractivity (Wildman–Crippen MR) is 99.9 cm³/mol. The van der Waals surface area contributed by atoms with Gasteiger partial charge < -0.3 is 9.47 Å². The summed E-state index contributed by atoms with van der Waals surface area (Å²) >= 11 is 0. The van der Waals surface area contributed by atoms with E-state index in [9.17, 15) is 18.0 Å². The molecule has 0 bridgehead atoms. The number of rotatable bonds is 5. The molecule has 2 aliphatic rings. The molecule has 1 aromatic carbocycles. The number of carbonyl (C=O) groups excluding carboxylic acids is 1. The van der Waals surface area contributed by atoms with Gasteiger partial charge in [-0.3, -0.25) is 4.79 Å². The molecule has 2 saturated carbocycles. The Balaban J connectivity index is 1.44. The molecule has 0 spiro atoms. The highest BCUT2D eigenvalue weighted by atomic mass is 19.4. The van der Waals surface area contributed by atoms with E-state index in [1.165, 1.54) is 44.2 Å². The Morgan fingerprint density at radius 2 is 1.39 bits per heavy atom. The lowest BCUT2D eigenvalue weighted by atomic mass is 9.69. The van der Waals surface area contributed by atoms with Crippen molar-refractivity contribution in [1.29, 1.82) is 0 Å². The van der Waals surface area contributed by atoms with Crippen molar-refractivity contribution >= 4 is 5.97 Å². The summed E-state index contributed by atoms with van der Waals surface area (Å²) in [7, 11) is 0. The van der Waals surface area contributed by atoms with Crippen molar-refractivity contribution in [2.24, 2.45) is 23.7 Å². The van der Waals surface area contributed by atoms with Gasteiger partial charge >= 0.3 is 12.3 Å². The van der Waals surface area contributed by atoms with E-state index in [4.69, 9.17) is 4.74 Å². The molecule has 0 atom stereocenters. The number of alkyl halides is 3. The van der Waals surface area contributed by atoms with E-state index in [2.05, 4.69) is 11.7 Å². The molecular formula is C22H29F3O3. The molecule has 0 unspecified atom stereocenters. The van der Waals surface area contributed by atoms with Gasteiger partial charge in [-0.05, 0) is 80.5 Å². The van der Waals surface area contributed by atoms with Gasteiger partial charge in [0.15, 0.2) is 0 Å². The van der Waals surface area contributed by atoms with Crippen molar-refractivity contribution in [1.82, 2.24) is 0 Å². The van der Waals surface area contributed by atoms with Crippen LogP contribution in [-0.4, -0.2) is 12.3 Å². The SMILES string of the molecule is CCC1CCC(C2CCC(C(=O)Oc3ccc(OC(F)(F)F)cc3)CC2)CC1. The fourth-order valence-corrected chi connectivity index (χ4v) is 4.80. The topological polar surface area (TPSA) is 35.5 Å². The van der Waals surface area contributed by atoms with E-state index in [1.807, 2.05) is 0 Å². The Labute approximate surface area is 164 Å². The second-order valence-electron chi connectivity index (χ2n) is 8.24. The Morgan fingerprint density at radius 1 is 0.893 bits per heavy atom. The molecule has 156 valence electrons. The Hall–Kier alpha value is -1.72. The summed E-state index contributed by atoms with van der Waals surface area (Å²) in [6.45, 7) is 2.28. The minimum absolute atomic E-state index is 0.116. The van der Waals surface area contributed by atoms with Crippen molar-refractivity contribution in [2.45, 2.75) is 71.1 Å². The van der Waals surface area contributed by atoms with Crippen LogP contribution in [0.25, 0.3) is 0 Å². The average Bonchev–Trinajstić information content (AvgIpc) is 2.68. The molecule has 0 aromatic heterocycles. The van der Waals surface area contributed by atoms with E-state index in [-0.39, 0.29) is 23.4 Å². The van der Waals surface area contributed by atoms with Gasteiger partial charge in [-0.25, -0.2) is 0 Å². The molecule has 0 aliphatic heterocycles. The fraction of sp³-hybridized carbons (Fsp3) is 0.682. The van der Waals surface area contributed by atoms with E-state index >= 15 is 0 Å². The fourth-order valence-electron chi connectivity index (χ4n) is 4.80. The third kappa shape index (κ3) is 5.89. The van der Waals surface area contributed by atoms with Crippen molar-refractivity contribution in [3.63, 3.8) is 0 Å². The van der Waals surface area contributed by atoms with Crippen LogP contribution in [-0.2, 0) is 4.79 Å². The van der Waals surface area contributed by atoms with Gasteiger partial charge in [-0.1, -0.05) is 26.2 Å². The number of halogens is 3. The van der Waals surface area contributed by atoms with Crippen LogP contribution in [0.1, 0.15) is 64.7 Å². The lowest BCUT2D eigenvalue weighted by Gasteiger charge is -2.37. The maximum Gasteiger partial charge on any atom is 0.573 e. The van der Waals surface area contributed by atoms with Gasteiger partial charge in [0.25, 0.3) is 0 Å². The molecule has 2 fully saturated rings. The molecular weight excluding hydrogens is 369 g/mol. The van der Waals surface area contributed by atoms with Gasteiger partial charge in [0, 0.05) is 0 Å². The molecule has 3 rings (SSSR count). The number of ether oxygens (including phenoxy) is 2. The minimum atomic E-state index is -4.73. The molecule has 0 radical (unpaired) electrons. The summed E-state index contributed by atoms with van der Waals surface area (Å²) in [5.41, 5.74) is 0. The van der Waals surface area contributed by atoms with Crippen LogP contribution in [0.2, 0.25) is 0 Å². The standard InChI is InChI=1S/C22H29F3O3/c1-2-15-3-5-16(6-4-15)17-7-9-18(10-8-17)21(26)27-19-11-13-20(14-12-19)28-22(23,24)25/h11-18H,2-10H2,1H3. The lowest BCUT2D eigenvalue weighted by molar-refractivity contribution is -0.274. The van der Waals surface area contributed by atoms with E-state index in [0.29, 0.717) is 0 Å². The lowest BCUT2D eigenvalue weighted by Crippen LogP contribution is -2.30. The van der Waals surface area contributed by atoms with Crippen LogP contribution in [0, 0.1) is 23.7 Å². The van der Waals surface area contributed by atoms with Crippen LogP contribution in [0.15, 0.2) is 24.3 Å². The largest absolute Gasteiger partial charge is 0.573 e. The van der Waals surface area contributed by atoms with E-state index in [0.717, 1.165) is 55.6 Å². The Bertz CT molecular complexity index is 625. The Morgan fingerprint density at radius 3 is 1.89 bits per heavy atom. The molecule has 28 heavy (non-hydrogen) atoms. The first-order valence-corrected chi connectivity index (χ1v) is 10.4. The zero-order valence-electron chi connectivity index (χ0n) is 16.3. The van der Waals surface area contributed by atoms with Gasteiger partial charge in [0.1, 0.15) is 11.5 Å². The summed E-state index contributed by atoms with van der Waals surface area (Å²) in [4.78, 5) is 12.4. The smallest absolute Gasteiger partial charge is 0.426 e. The zero-order valence-corrected chi connectivity index (χ0v) is 16.3. The highest BCUT2D eigenvalue weighted by Gasteiger charge is 2.34. The van der Waals surface area contributed by atoms with E-state index < -0.39 is 6.36 Å². The first kappa shape index (κ1) is 21.0. The molecule has 0 saturated heterocycles. The summed E-state index contributed by atoms with van der Waals surface area (Å²) in [5, 5.41) is 0. The first-order valence-electron chi connectivity index (χ1n) is 10.4. The minimum Gasteiger partial charge on any atom is -0.426 e. The normalized spacial score (nSPS) is 28.6. The first-order chi connectivity index (χ1) is 13.3. The zero-order chi connectivity index (χ0) is 20.1. The van der Waals surface area contributed by atoms with Crippen LogP contribution < -0.4 is 9.47 Å². The Kier molecular flexibility index (Phi) is 6.89. The summed E-state index contributed by atoms with van der Waals surface area (Å²) < 4.78 is 45.8. The van der Waals surface area contributed by atoms with E-state index in [1.54, 1.807) is 0 Å². The average molecular weight is 398 g/mol. The molecule has 3 nitrogen and oxygen atoms in total. The van der Waals surface area contributed by atoms with Crippen LogP contribution in [0.4, 0.5) is 13.2 Å². The number of hydrogen-bond acceptors (Lipinski definition) is 3. The highest BCUT2D eigenvalue weighted by molar-refractivity contribution is 5.75. The molecule has 2 aliphatic carbocycles. The maximum atomic E-state index is 12.4. The highest BCUT2D eigenvalue weighted by Crippen LogP contribution is 2.42. The van der Waals surface area contributed by atoms with Gasteiger partial charge in [-0.2, -0.15) is 0 Å². The molecule has 0 amide bonds. The van der Waals surface area contributed by atoms with Gasteiger partial charge in [0.2, 0.25) is 0 Å². The quantitative estimate of drug-likeness (QED) is 0.419. The van der Waals surface area contributed by atoms with Crippen molar-refractivity contribution < 1.29 is 27.4 Å². The monoisotopic (exact) mass is 398 g/mol. The number of benzene rings is 1. The van der Waals surface area contributed by atoms with Gasteiger partial charge in [0.05, 0.1) is 5.92 Å². The van der Waals surface area contributed by atoms with Gasteiger partial charge in [-0.15, -0.1) is 13.2 Å². The molecule has 1 aromatic rings.